The number of hydrogen-bond acceptors (Lipinski definition) is 2. The predicted octanol–water partition coefficient (Wildman–Crippen LogP) is 4.35. The molecule has 2 aromatic rings. The lowest BCUT2D eigenvalue weighted by Crippen LogP contribution is -2.21. The van der Waals surface area contributed by atoms with Gasteiger partial charge in [-0.25, -0.2) is 0 Å². The van der Waals surface area contributed by atoms with E-state index in [-0.39, 0.29) is 0 Å². The van der Waals surface area contributed by atoms with Crippen molar-refractivity contribution in [1.29, 1.82) is 0 Å². The lowest BCUT2D eigenvalue weighted by Gasteiger charge is -2.15. The number of benzene rings is 2. The molecule has 0 spiro atoms. The molecule has 0 radical (unpaired) electrons. The minimum atomic E-state index is 0.335. The quantitative estimate of drug-likeness (QED) is 0.848. The summed E-state index contributed by atoms with van der Waals surface area (Å²) < 4.78 is 6.49. The van der Waals surface area contributed by atoms with E-state index in [9.17, 15) is 0 Å². The largest absolute Gasteiger partial charge is 0.496 e. The maximum atomic E-state index is 5.37. The maximum Gasteiger partial charge on any atom is 0.122 e. The Bertz CT molecular complexity index is 556. The Morgan fingerprint density at radius 2 is 1.95 bits per heavy atom. The number of methoxy groups -OCH3 is 1. The molecule has 2 rings (SSSR count). The van der Waals surface area contributed by atoms with E-state index in [2.05, 4.69) is 58.5 Å². The van der Waals surface area contributed by atoms with Gasteiger partial charge in [-0.3, -0.25) is 0 Å². The third-order valence-electron chi connectivity index (χ3n) is 3.39. The van der Waals surface area contributed by atoms with E-state index in [0.717, 1.165) is 23.2 Å². The van der Waals surface area contributed by atoms with Crippen LogP contribution in [0.3, 0.4) is 0 Å². The highest BCUT2D eigenvalue weighted by atomic mass is 79.9. The van der Waals surface area contributed by atoms with Gasteiger partial charge in [0, 0.05) is 10.5 Å². The zero-order valence-corrected chi connectivity index (χ0v) is 13.5. The van der Waals surface area contributed by atoms with Gasteiger partial charge < -0.3 is 10.1 Å². The molecule has 106 valence electrons. The summed E-state index contributed by atoms with van der Waals surface area (Å²) in [7, 11) is 1.72. The van der Waals surface area contributed by atoms with Crippen molar-refractivity contribution in [2.24, 2.45) is 0 Å². The molecule has 2 nitrogen and oxygen atoms in total. The highest BCUT2D eigenvalue weighted by molar-refractivity contribution is 9.10. The standard InChI is InChI=1S/C17H20BrNO/c1-13(15-7-5-8-16(18)12-15)19-11-10-14-6-3-4-9-17(14)20-2/h3-9,12-13,19H,10-11H2,1-2H3. The summed E-state index contributed by atoms with van der Waals surface area (Å²) >= 11 is 3.51. The lowest BCUT2D eigenvalue weighted by molar-refractivity contribution is 0.408. The molecular formula is C17H20BrNO. The van der Waals surface area contributed by atoms with Gasteiger partial charge in [0.2, 0.25) is 0 Å². The fraction of sp³-hybridized carbons (Fsp3) is 0.294. The Labute approximate surface area is 129 Å². The van der Waals surface area contributed by atoms with Crippen molar-refractivity contribution in [2.45, 2.75) is 19.4 Å². The van der Waals surface area contributed by atoms with Crippen molar-refractivity contribution in [3.8, 4) is 5.75 Å². The van der Waals surface area contributed by atoms with Crippen LogP contribution in [-0.4, -0.2) is 13.7 Å². The van der Waals surface area contributed by atoms with Crippen molar-refractivity contribution in [3.63, 3.8) is 0 Å². The van der Waals surface area contributed by atoms with Crippen LogP contribution in [0.5, 0.6) is 5.75 Å². The van der Waals surface area contributed by atoms with Crippen LogP contribution in [-0.2, 0) is 6.42 Å². The molecule has 0 saturated heterocycles. The van der Waals surface area contributed by atoms with E-state index in [4.69, 9.17) is 4.74 Å². The summed E-state index contributed by atoms with van der Waals surface area (Å²) in [5.41, 5.74) is 2.53. The van der Waals surface area contributed by atoms with Crippen molar-refractivity contribution in [3.05, 3.63) is 64.1 Å². The normalized spacial score (nSPS) is 12.2. The van der Waals surface area contributed by atoms with E-state index in [1.54, 1.807) is 7.11 Å². The van der Waals surface area contributed by atoms with E-state index in [1.165, 1.54) is 11.1 Å². The number of halogens is 1. The molecule has 2 aromatic carbocycles. The first-order chi connectivity index (χ1) is 9.70. The molecule has 1 N–H and O–H groups in total. The average Bonchev–Trinajstić information content (AvgIpc) is 2.47. The van der Waals surface area contributed by atoms with Crippen LogP contribution in [0, 0.1) is 0 Å². The number of ether oxygens (including phenoxy) is 1. The molecule has 0 fully saturated rings. The van der Waals surface area contributed by atoms with Crippen LogP contribution in [0.1, 0.15) is 24.1 Å². The van der Waals surface area contributed by atoms with E-state index >= 15 is 0 Å². The van der Waals surface area contributed by atoms with Crippen LogP contribution < -0.4 is 10.1 Å². The molecule has 20 heavy (non-hydrogen) atoms. The Hall–Kier alpha value is -1.32. The van der Waals surface area contributed by atoms with Gasteiger partial charge >= 0.3 is 0 Å². The van der Waals surface area contributed by atoms with Crippen LogP contribution in [0.2, 0.25) is 0 Å². The first-order valence-electron chi connectivity index (χ1n) is 6.81. The minimum absolute atomic E-state index is 0.335. The van der Waals surface area contributed by atoms with Gasteiger partial charge in [0.25, 0.3) is 0 Å². The van der Waals surface area contributed by atoms with Crippen molar-refractivity contribution in [1.82, 2.24) is 5.32 Å². The lowest BCUT2D eigenvalue weighted by atomic mass is 10.1. The van der Waals surface area contributed by atoms with Gasteiger partial charge in [0.1, 0.15) is 5.75 Å². The Morgan fingerprint density at radius 3 is 2.70 bits per heavy atom. The summed E-state index contributed by atoms with van der Waals surface area (Å²) in [6.45, 7) is 3.11. The fourth-order valence-corrected chi connectivity index (χ4v) is 2.64. The van der Waals surface area contributed by atoms with Gasteiger partial charge in [-0.2, -0.15) is 0 Å². The third kappa shape index (κ3) is 4.09. The van der Waals surface area contributed by atoms with Gasteiger partial charge in [-0.1, -0.05) is 46.3 Å². The number of hydrogen-bond donors (Lipinski definition) is 1. The predicted molar refractivity (Wildman–Crippen MR) is 87.3 cm³/mol. The Morgan fingerprint density at radius 1 is 1.15 bits per heavy atom. The molecule has 0 aliphatic carbocycles. The monoisotopic (exact) mass is 333 g/mol. The summed E-state index contributed by atoms with van der Waals surface area (Å²) in [6, 6.07) is 16.9. The van der Waals surface area contributed by atoms with Gasteiger partial charge in [-0.15, -0.1) is 0 Å². The second kappa shape index (κ2) is 7.46. The molecule has 1 atom stereocenters. The summed E-state index contributed by atoms with van der Waals surface area (Å²) in [5.74, 6) is 0.962. The Kier molecular flexibility index (Phi) is 5.62. The first kappa shape index (κ1) is 15.1. The van der Waals surface area contributed by atoms with Gasteiger partial charge in [0.05, 0.1) is 7.11 Å². The smallest absolute Gasteiger partial charge is 0.122 e. The molecule has 3 heteroatoms. The van der Waals surface area contributed by atoms with E-state index in [0.29, 0.717) is 6.04 Å². The summed E-state index contributed by atoms with van der Waals surface area (Å²) in [5, 5.41) is 3.55. The fourth-order valence-electron chi connectivity index (χ4n) is 2.23. The van der Waals surface area contributed by atoms with E-state index in [1.807, 2.05) is 18.2 Å². The molecule has 0 bridgehead atoms. The maximum absolute atomic E-state index is 5.37. The van der Waals surface area contributed by atoms with Crippen molar-refractivity contribution < 1.29 is 4.74 Å². The number of rotatable bonds is 6. The molecule has 1 unspecified atom stereocenters. The average molecular weight is 334 g/mol. The number of nitrogens with one attached hydrogen (secondary N) is 1. The third-order valence-corrected chi connectivity index (χ3v) is 3.88. The second-order valence-corrected chi connectivity index (χ2v) is 5.71. The topological polar surface area (TPSA) is 21.3 Å². The zero-order chi connectivity index (χ0) is 14.4. The minimum Gasteiger partial charge on any atom is -0.496 e. The van der Waals surface area contributed by atoms with Crippen LogP contribution in [0.4, 0.5) is 0 Å². The number of para-hydroxylation sites is 1. The highest BCUT2D eigenvalue weighted by Gasteiger charge is 2.06. The van der Waals surface area contributed by atoms with Crippen molar-refractivity contribution >= 4 is 15.9 Å². The van der Waals surface area contributed by atoms with Crippen molar-refractivity contribution in [2.75, 3.05) is 13.7 Å². The molecule has 0 amide bonds. The summed E-state index contributed by atoms with van der Waals surface area (Å²) in [6.07, 6.45) is 0.961. The zero-order valence-electron chi connectivity index (χ0n) is 11.9. The Balaban J connectivity index is 1.89. The van der Waals surface area contributed by atoms with Gasteiger partial charge in [0.15, 0.2) is 0 Å². The molecular weight excluding hydrogens is 314 g/mol. The first-order valence-corrected chi connectivity index (χ1v) is 7.60. The highest BCUT2D eigenvalue weighted by Crippen LogP contribution is 2.19. The second-order valence-electron chi connectivity index (χ2n) is 4.79. The van der Waals surface area contributed by atoms with Crippen LogP contribution in [0.25, 0.3) is 0 Å². The van der Waals surface area contributed by atoms with Crippen LogP contribution >= 0.6 is 15.9 Å². The molecule has 0 aliphatic heterocycles. The van der Waals surface area contributed by atoms with E-state index < -0.39 is 0 Å². The summed E-state index contributed by atoms with van der Waals surface area (Å²) in [4.78, 5) is 0. The van der Waals surface area contributed by atoms with Gasteiger partial charge in [-0.05, 0) is 49.2 Å². The molecule has 0 aliphatic rings. The molecule has 0 saturated carbocycles. The van der Waals surface area contributed by atoms with Crippen LogP contribution in [0.15, 0.2) is 53.0 Å². The molecule has 0 heterocycles. The molecule has 0 aromatic heterocycles. The SMILES string of the molecule is COc1ccccc1CCNC(C)c1cccc(Br)c1.